The second kappa shape index (κ2) is 10.1. The van der Waals surface area contributed by atoms with E-state index in [0.717, 1.165) is 16.8 Å². The molecule has 1 N–H and O–H groups in total. The first-order chi connectivity index (χ1) is 15.9. The van der Waals surface area contributed by atoms with Crippen LogP contribution in [0.15, 0.2) is 83.8 Å². The van der Waals surface area contributed by atoms with E-state index < -0.39 is 16.1 Å². The molecule has 1 aliphatic heterocycles. The van der Waals surface area contributed by atoms with Crippen LogP contribution in [0.2, 0.25) is 5.02 Å². The molecule has 0 radical (unpaired) electrons. The highest BCUT2D eigenvalue weighted by Gasteiger charge is 2.32. The lowest BCUT2D eigenvalue weighted by Crippen LogP contribution is -2.53. The Morgan fingerprint density at radius 1 is 0.879 bits per heavy atom. The Kier molecular flexibility index (Phi) is 7.14. The van der Waals surface area contributed by atoms with Crippen LogP contribution in [-0.2, 0) is 14.8 Å². The molecule has 0 aliphatic carbocycles. The van der Waals surface area contributed by atoms with E-state index in [4.69, 9.17) is 11.6 Å². The van der Waals surface area contributed by atoms with Gasteiger partial charge in [-0.25, -0.2) is 8.42 Å². The van der Waals surface area contributed by atoms with Gasteiger partial charge in [0.25, 0.3) is 0 Å². The Morgan fingerprint density at radius 2 is 1.48 bits per heavy atom. The third-order valence-corrected chi connectivity index (χ3v) is 8.32. The lowest BCUT2D eigenvalue weighted by molar-refractivity contribution is -0.121. The van der Waals surface area contributed by atoms with Gasteiger partial charge in [-0.3, -0.25) is 9.69 Å². The largest absolute Gasteiger partial charge is 0.324 e. The summed E-state index contributed by atoms with van der Waals surface area (Å²) < 4.78 is 27.4. The van der Waals surface area contributed by atoms with Crippen molar-refractivity contribution < 1.29 is 13.2 Å². The van der Waals surface area contributed by atoms with Crippen molar-refractivity contribution >= 4 is 33.2 Å². The van der Waals surface area contributed by atoms with Crippen LogP contribution in [0.25, 0.3) is 11.1 Å². The maximum Gasteiger partial charge on any atom is 0.244 e. The molecule has 3 aromatic carbocycles. The molecule has 1 saturated heterocycles. The van der Waals surface area contributed by atoms with Crippen molar-refractivity contribution in [2.75, 3.05) is 31.5 Å². The van der Waals surface area contributed by atoms with Gasteiger partial charge in [-0.1, -0.05) is 72.3 Å². The highest BCUT2D eigenvalue weighted by molar-refractivity contribution is 7.89. The number of piperazine rings is 1. The molecule has 1 unspecified atom stereocenters. The van der Waals surface area contributed by atoms with E-state index in [1.807, 2.05) is 66.4 Å². The van der Waals surface area contributed by atoms with Gasteiger partial charge in [-0.2, -0.15) is 4.31 Å². The SMILES string of the molecule is CC(C(=O)Nc1ccccc1-c1ccccc1)N1CCN(S(=O)(=O)c2ccccc2Cl)CC1. The zero-order chi connectivity index (χ0) is 23.4. The van der Waals surface area contributed by atoms with Gasteiger partial charge in [-0.15, -0.1) is 0 Å². The highest BCUT2D eigenvalue weighted by Crippen LogP contribution is 2.28. The topological polar surface area (TPSA) is 69.7 Å². The predicted octanol–water partition coefficient (Wildman–Crippen LogP) is 4.34. The summed E-state index contributed by atoms with van der Waals surface area (Å²) in [6, 6.07) is 23.7. The average molecular weight is 484 g/mol. The quantitative estimate of drug-likeness (QED) is 0.566. The number of para-hydroxylation sites is 1. The monoisotopic (exact) mass is 483 g/mol. The fourth-order valence-corrected chi connectivity index (χ4v) is 5.90. The molecular formula is C25H26ClN3O3S. The smallest absolute Gasteiger partial charge is 0.244 e. The van der Waals surface area contributed by atoms with Crippen molar-refractivity contribution in [1.29, 1.82) is 0 Å². The number of nitrogens with one attached hydrogen (secondary N) is 1. The summed E-state index contributed by atoms with van der Waals surface area (Å²) in [6.45, 7) is 3.35. The van der Waals surface area contributed by atoms with Crippen LogP contribution in [0.1, 0.15) is 6.92 Å². The van der Waals surface area contributed by atoms with Crippen molar-refractivity contribution in [2.45, 2.75) is 17.9 Å². The van der Waals surface area contributed by atoms with E-state index in [1.165, 1.54) is 10.4 Å². The number of benzene rings is 3. The molecule has 0 bridgehead atoms. The van der Waals surface area contributed by atoms with Crippen molar-refractivity contribution in [3.8, 4) is 11.1 Å². The van der Waals surface area contributed by atoms with E-state index in [0.29, 0.717) is 26.2 Å². The van der Waals surface area contributed by atoms with E-state index in [9.17, 15) is 13.2 Å². The minimum absolute atomic E-state index is 0.114. The van der Waals surface area contributed by atoms with Crippen LogP contribution in [0, 0.1) is 0 Å². The zero-order valence-electron chi connectivity index (χ0n) is 18.3. The van der Waals surface area contributed by atoms with Crippen LogP contribution in [0.3, 0.4) is 0 Å². The average Bonchev–Trinajstić information content (AvgIpc) is 2.84. The maximum absolute atomic E-state index is 13.0. The molecule has 0 aromatic heterocycles. The summed E-state index contributed by atoms with van der Waals surface area (Å²) in [7, 11) is -3.67. The lowest BCUT2D eigenvalue weighted by atomic mass is 10.0. The Morgan fingerprint density at radius 3 is 2.18 bits per heavy atom. The van der Waals surface area contributed by atoms with Crippen LogP contribution in [0.4, 0.5) is 5.69 Å². The Bertz CT molecular complexity index is 1230. The fourth-order valence-electron chi connectivity index (χ4n) is 3.99. The summed E-state index contributed by atoms with van der Waals surface area (Å²) >= 11 is 6.11. The van der Waals surface area contributed by atoms with Crippen LogP contribution < -0.4 is 5.32 Å². The Labute approximate surface area is 199 Å². The molecule has 8 heteroatoms. The molecule has 1 aliphatic rings. The number of hydrogen-bond donors (Lipinski definition) is 1. The Balaban J connectivity index is 1.41. The number of amides is 1. The number of hydrogen-bond acceptors (Lipinski definition) is 4. The Hall–Kier alpha value is -2.71. The second-order valence-corrected chi connectivity index (χ2v) is 10.3. The first-order valence-corrected chi connectivity index (χ1v) is 12.6. The number of carbonyl (C=O) groups excluding carboxylic acids is 1. The van der Waals surface area contributed by atoms with Gasteiger partial charge in [-0.05, 0) is 30.7 Å². The third kappa shape index (κ3) is 5.12. The number of sulfonamides is 1. The van der Waals surface area contributed by atoms with Crippen LogP contribution in [-0.4, -0.2) is 55.8 Å². The van der Waals surface area contributed by atoms with Crippen molar-refractivity contribution in [3.63, 3.8) is 0 Å². The molecule has 1 atom stereocenters. The van der Waals surface area contributed by atoms with Gasteiger partial charge in [0, 0.05) is 37.4 Å². The third-order valence-electron chi connectivity index (χ3n) is 5.92. The van der Waals surface area contributed by atoms with Crippen molar-refractivity contribution in [2.24, 2.45) is 0 Å². The van der Waals surface area contributed by atoms with Crippen molar-refractivity contribution in [1.82, 2.24) is 9.21 Å². The summed E-state index contributed by atoms with van der Waals surface area (Å²) in [5.74, 6) is -0.124. The predicted molar refractivity (Wildman–Crippen MR) is 132 cm³/mol. The summed E-state index contributed by atoms with van der Waals surface area (Å²) in [4.78, 5) is 15.2. The standard InChI is InChI=1S/C25H26ClN3O3S/c1-19(25(30)27-23-13-7-5-11-21(23)20-9-3-2-4-10-20)28-15-17-29(18-16-28)33(31,32)24-14-8-6-12-22(24)26/h2-14,19H,15-18H2,1H3,(H,27,30). The van der Waals surface area contributed by atoms with Gasteiger partial charge in [0.2, 0.25) is 15.9 Å². The van der Waals surface area contributed by atoms with Crippen LogP contribution >= 0.6 is 11.6 Å². The number of halogens is 1. The lowest BCUT2D eigenvalue weighted by Gasteiger charge is -2.36. The minimum atomic E-state index is -3.67. The molecule has 1 heterocycles. The second-order valence-electron chi connectivity index (χ2n) is 7.95. The molecule has 33 heavy (non-hydrogen) atoms. The van der Waals surface area contributed by atoms with Crippen molar-refractivity contribution in [3.05, 3.63) is 83.9 Å². The molecule has 3 aromatic rings. The molecule has 0 saturated carbocycles. The van der Waals surface area contributed by atoms with E-state index in [-0.39, 0.29) is 15.8 Å². The number of carbonyl (C=O) groups is 1. The minimum Gasteiger partial charge on any atom is -0.324 e. The molecule has 1 amide bonds. The summed E-state index contributed by atoms with van der Waals surface area (Å²) in [5.41, 5.74) is 2.73. The van der Waals surface area contributed by atoms with Gasteiger partial charge in [0.05, 0.1) is 11.1 Å². The fraction of sp³-hybridized carbons (Fsp3) is 0.240. The molecular weight excluding hydrogens is 458 g/mol. The number of rotatable bonds is 6. The summed E-state index contributed by atoms with van der Waals surface area (Å²) in [6.07, 6.45) is 0. The number of anilines is 1. The molecule has 4 rings (SSSR count). The molecule has 1 fully saturated rings. The van der Waals surface area contributed by atoms with Gasteiger partial charge >= 0.3 is 0 Å². The molecule has 0 spiro atoms. The highest BCUT2D eigenvalue weighted by atomic mass is 35.5. The molecule has 6 nitrogen and oxygen atoms in total. The first-order valence-electron chi connectivity index (χ1n) is 10.8. The maximum atomic E-state index is 13.0. The van der Waals surface area contributed by atoms with Gasteiger partial charge < -0.3 is 5.32 Å². The van der Waals surface area contributed by atoms with Crippen LogP contribution in [0.5, 0.6) is 0 Å². The first kappa shape index (κ1) is 23.4. The number of nitrogens with zero attached hydrogens (tertiary/aromatic N) is 2. The van der Waals surface area contributed by atoms with Gasteiger partial charge in [0.15, 0.2) is 0 Å². The summed E-state index contributed by atoms with van der Waals surface area (Å²) in [5, 5.41) is 3.26. The van der Waals surface area contributed by atoms with Gasteiger partial charge in [0.1, 0.15) is 4.90 Å². The van der Waals surface area contributed by atoms with E-state index >= 15 is 0 Å². The van der Waals surface area contributed by atoms with E-state index in [2.05, 4.69) is 5.32 Å². The molecule has 172 valence electrons. The van der Waals surface area contributed by atoms with E-state index in [1.54, 1.807) is 18.2 Å². The zero-order valence-corrected chi connectivity index (χ0v) is 19.9. The normalized spacial score (nSPS) is 16.3.